The molecule has 0 aliphatic carbocycles. The Kier molecular flexibility index (Phi) is 8.79. The van der Waals surface area contributed by atoms with Crippen LogP contribution in [0.3, 0.4) is 0 Å². The molecule has 2 fully saturated rings. The van der Waals surface area contributed by atoms with Crippen molar-refractivity contribution in [2.75, 3.05) is 25.4 Å². The highest BCUT2D eigenvalue weighted by atomic mass is 32.3. The van der Waals surface area contributed by atoms with E-state index in [0.717, 1.165) is 22.2 Å². The first-order chi connectivity index (χ1) is 21.5. The number of hydroxylamine groups is 2. The fraction of sp³-hybridized carbons (Fsp3) is 0.462. The predicted octanol–water partition coefficient (Wildman–Crippen LogP) is -0.978. The normalized spacial score (nSPS) is 19.8. The summed E-state index contributed by atoms with van der Waals surface area (Å²) in [7, 11) is -3.14. The molecule has 46 heavy (non-hydrogen) atoms. The zero-order chi connectivity index (χ0) is 33.6. The number of amides is 1. The topological polar surface area (TPSA) is 249 Å². The van der Waals surface area contributed by atoms with E-state index >= 15 is 0 Å². The second-order valence-corrected chi connectivity index (χ2v) is 13.4. The summed E-state index contributed by atoms with van der Waals surface area (Å²) >= 11 is 0.982. The molecule has 2 saturated heterocycles. The minimum atomic E-state index is -4.99. The number of fused-ring (bicyclic) bond motifs is 1. The number of β-amino-alcohol motifs (C(OH)–C–C–N with tert-alkyl or cyclic N) is 1. The molecule has 2 atom stereocenters. The predicted molar refractivity (Wildman–Crippen MR) is 159 cm³/mol. The molecule has 248 valence electrons. The molecular formula is C26H32N7O11S2+. The average molecular weight is 683 g/mol. The van der Waals surface area contributed by atoms with Gasteiger partial charge in [0, 0.05) is 24.9 Å². The van der Waals surface area contributed by atoms with E-state index in [4.69, 9.17) is 19.9 Å². The van der Waals surface area contributed by atoms with Gasteiger partial charge in [-0.05, 0) is 32.0 Å². The molecule has 20 heteroatoms. The number of aliphatic carboxylic acids is 1. The Labute approximate surface area is 265 Å². The number of carboxylic acid groups (broad SMARTS) is 1. The molecule has 0 spiro atoms. The smallest absolute Gasteiger partial charge is 0.418 e. The molecule has 0 bridgehead atoms. The third-order valence-electron chi connectivity index (χ3n) is 7.79. The van der Waals surface area contributed by atoms with Crippen LogP contribution in [0.4, 0.5) is 5.13 Å². The van der Waals surface area contributed by atoms with Gasteiger partial charge in [0.25, 0.3) is 12.0 Å². The van der Waals surface area contributed by atoms with Crippen molar-refractivity contribution in [2.45, 2.75) is 44.1 Å². The van der Waals surface area contributed by atoms with Crippen molar-refractivity contribution in [2.24, 2.45) is 18.1 Å². The molecule has 0 unspecified atom stereocenters. The molecule has 1 aromatic carbocycles. The fourth-order valence-electron chi connectivity index (χ4n) is 5.11. The number of thiazole rings is 1. The molecule has 5 rings (SSSR count). The van der Waals surface area contributed by atoms with Crippen LogP contribution >= 0.6 is 11.3 Å². The number of ketones is 1. The number of anilines is 1. The van der Waals surface area contributed by atoms with Gasteiger partial charge in [-0.1, -0.05) is 5.16 Å². The summed E-state index contributed by atoms with van der Waals surface area (Å²) in [6, 6.07) is 5.14. The number of nitrogens with zero attached hydrogens (tertiary/aromatic N) is 5. The molecule has 18 nitrogen and oxygen atoms in total. The quantitative estimate of drug-likeness (QED) is 0.0451. The van der Waals surface area contributed by atoms with Crippen LogP contribution < -0.4 is 20.5 Å². The van der Waals surface area contributed by atoms with Gasteiger partial charge in [0.2, 0.25) is 12.7 Å². The number of hydrogen-bond donors (Lipinski definition) is 5. The third-order valence-corrected chi connectivity index (χ3v) is 8.81. The van der Waals surface area contributed by atoms with E-state index in [9.17, 15) is 33.0 Å². The highest BCUT2D eigenvalue weighted by Crippen LogP contribution is 2.40. The zero-order valence-corrected chi connectivity index (χ0v) is 26.4. The number of ether oxygens (including phenoxy) is 1. The number of aryl methyl sites for hydroxylation is 1. The number of nitrogen functional groups attached to an aromatic ring is 1. The Morgan fingerprint density at radius 2 is 2.04 bits per heavy atom. The number of Topliss-reactive ketones (excluding diaryl/α,β-unsaturated/α-hetero) is 1. The fourth-order valence-corrected chi connectivity index (χ4v) is 6.11. The summed E-state index contributed by atoms with van der Waals surface area (Å²) in [5.74, 6) is -3.86. The number of carboxylic acids is 1. The third kappa shape index (κ3) is 6.81. The van der Waals surface area contributed by atoms with Crippen LogP contribution in [0.2, 0.25) is 0 Å². The summed E-state index contributed by atoms with van der Waals surface area (Å²) in [5.41, 5.74) is 3.95. The first kappa shape index (κ1) is 33.2. The first-order valence-electron chi connectivity index (χ1n) is 13.7. The number of aromatic nitrogens is 3. The lowest BCUT2D eigenvalue weighted by atomic mass is 9.74. The minimum Gasteiger partial charge on any atom is -0.489 e. The number of β-lactam (4-membered cyclic amide) rings is 1. The van der Waals surface area contributed by atoms with E-state index in [1.807, 2.05) is 22.6 Å². The Hall–Kier alpha value is -4.21. The molecule has 2 aliphatic heterocycles. The molecule has 1 amide bonds. The van der Waals surface area contributed by atoms with E-state index in [-0.39, 0.29) is 10.8 Å². The van der Waals surface area contributed by atoms with E-state index in [2.05, 4.69) is 19.7 Å². The van der Waals surface area contributed by atoms with Gasteiger partial charge >= 0.3 is 16.4 Å². The Morgan fingerprint density at radius 1 is 1.33 bits per heavy atom. The average Bonchev–Trinajstić information content (AvgIpc) is 3.52. The lowest BCUT2D eigenvalue weighted by molar-refractivity contribution is -0.782. The Balaban J connectivity index is 1.29. The monoisotopic (exact) mass is 682 g/mol. The van der Waals surface area contributed by atoms with Crippen LogP contribution in [-0.4, -0.2) is 98.2 Å². The second-order valence-electron chi connectivity index (χ2n) is 11.5. The summed E-state index contributed by atoms with van der Waals surface area (Å²) in [6.45, 7) is 3.69. The number of hydrogen-bond acceptors (Lipinski definition) is 14. The summed E-state index contributed by atoms with van der Waals surface area (Å²) < 4.78 is 45.0. The van der Waals surface area contributed by atoms with E-state index in [0.29, 0.717) is 30.4 Å². The van der Waals surface area contributed by atoms with Crippen molar-refractivity contribution in [3.8, 4) is 5.75 Å². The zero-order valence-electron chi connectivity index (χ0n) is 24.8. The van der Waals surface area contributed by atoms with E-state index in [1.165, 1.54) is 19.2 Å². The number of carbonyl (C=O) groups excluding carboxylic acids is 2. The van der Waals surface area contributed by atoms with Gasteiger partial charge in [-0.3, -0.25) is 14.1 Å². The van der Waals surface area contributed by atoms with Crippen LogP contribution in [0.5, 0.6) is 5.75 Å². The van der Waals surface area contributed by atoms with Gasteiger partial charge in [0.05, 0.1) is 23.9 Å². The van der Waals surface area contributed by atoms with E-state index < -0.39 is 70.0 Å². The number of aliphatic hydroxyl groups is 1. The van der Waals surface area contributed by atoms with Crippen LogP contribution in [-0.2, 0) is 47.5 Å². The molecule has 2 aliphatic rings. The van der Waals surface area contributed by atoms with Gasteiger partial charge in [-0.25, -0.2) is 9.78 Å². The first-order valence-corrected chi connectivity index (χ1v) is 16.0. The van der Waals surface area contributed by atoms with Gasteiger partial charge in [0.15, 0.2) is 22.2 Å². The number of rotatable bonds is 14. The van der Waals surface area contributed by atoms with Gasteiger partial charge in [0.1, 0.15) is 23.6 Å². The number of nitrogens with two attached hydrogens (primary N) is 1. The largest absolute Gasteiger partial charge is 0.489 e. The highest BCUT2D eigenvalue weighted by molar-refractivity contribution is 7.80. The van der Waals surface area contributed by atoms with Crippen molar-refractivity contribution in [3.63, 3.8) is 0 Å². The second kappa shape index (κ2) is 12.2. The minimum absolute atomic E-state index is 0.0293. The summed E-state index contributed by atoms with van der Waals surface area (Å²) in [6.07, 6.45) is -0.333. The molecule has 0 saturated carbocycles. The number of oxime groups is 1. The van der Waals surface area contributed by atoms with Gasteiger partial charge in [-0.15, -0.1) is 20.3 Å². The summed E-state index contributed by atoms with van der Waals surface area (Å²) in [4.78, 5) is 47.2. The van der Waals surface area contributed by atoms with Crippen LogP contribution in [0.1, 0.15) is 26.0 Å². The van der Waals surface area contributed by atoms with Crippen molar-refractivity contribution in [1.29, 1.82) is 0 Å². The van der Waals surface area contributed by atoms with Crippen LogP contribution in [0.15, 0.2) is 34.9 Å². The van der Waals surface area contributed by atoms with Crippen molar-refractivity contribution >= 4 is 61.1 Å². The molecular weight excluding hydrogens is 650 g/mol. The number of carbonyl (C=O) groups is 3. The van der Waals surface area contributed by atoms with Crippen molar-refractivity contribution in [1.82, 2.24) is 20.0 Å². The Morgan fingerprint density at radius 3 is 2.61 bits per heavy atom. The van der Waals surface area contributed by atoms with Gasteiger partial charge in [-0.2, -0.15) is 18.2 Å². The lowest BCUT2D eigenvalue weighted by Crippen LogP contribution is -2.68. The van der Waals surface area contributed by atoms with Gasteiger partial charge < -0.3 is 30.8 Å². The maximum Gasteiger partial charge on any atom is 0.418 e. The van der Waals surface area contributed by atoms with Crippen LogP contribution in [0, 0.1) is 5.92 Å². The van der Waals surface area contributed by atoms with Crippen LogP contribution in [0.25, 0.3) is 10.9 Å². The molecule has 3 aromatic rings. The van der Waals surface area contributed by atoms with Crippen molar-refractivity contribution < 1.29 is 56.1 Å². The molecule has 6 N–H and O–H groups in total. The molecule has 2 aromatic heterocycles. The standard InChI is InChI=1S/C26H31N7O11S2/c1-25(2)16(22(35)33(25)44-46(39,40)41)7-19(34)21(17-10-45-24(27)29-17)30-43-20(23(36)37)9-42-15-4-5-18-14(6-15)8-32(31(18)3)13-26(38)11-28-12-26/h4-6,8,10,16,20,28,38H,7,9,11-13H2,1-3H3,(H3-,27,29,36,37,39,40,41)/p+1/b30-21-/t16-,20+/m1/s1. The molecule has 0 radical (unpaired) electrons. The molecule has 4 heterocycles. The van der Waals surface area contributed by atoms with Crippen molar-refractivity contribution in [3.05, 3.63) is 35.5 Å². The number of nitrogens with one attached hydrogen (secondary N) is 1. The Bertz CT molecular complexity index is 1830. The maximum absolute atomic E-state index is 13.3. The SMILES string of the molecule is Cn1c2ccc(OC[C@H](O/N=C(\C(=O)C[C@@H]3C(=O)N(OS(=O)(=O)O)C3(C)C)c3csc(N)n3)C(=O)O)cc2c[n+]1CC1(O)CNC1. The number of benzene rings is 1. The summed E-state index contributed by atoms with van der Waals surface area (Å²) in [5, 5.41) is 29.8. The maximum atomic E-state index is 13.3. The lowest BCUT2D eigenvalue weighted by Gasteiger charge is -2.50. The van der Waals surface area contributed by atoms with E-state index in [1.54, 1.807) is 18.2 Å². The highest BCUT2D eigenvalue weighted by Gasteiger charge is 2.57.